The first kappa shape index (κ1) is 14.9. The van der Waals surface area contributed by atoms with Crippen molar-refractivity contribution in [1.82, 2.24) is 4.98 Å². The zero-order valence-corrected chi connectivity index (χ0v) is 12.2. The summed E-state index contributed by atoms with van der Waals surface area (Å²) < 4.78 is 5.37. The average Bonchev–Trinajstić information content (AvgIpc) is 2.24. The van der Waals surface area contributed by atoms with Crippen molar-refractivity contribution in [2.75, 3.05) is 18.5 Å². The highest BCUT2D eigenvalue weighted by Gasteiger charge is 2.13. The minimum absolute atomic E-state index is 0.159. The highest BCUT2D eigenvalue weighted by molar-refractivity contribution is 7.80. The molecule has 4 nitrogen and oxygen atoms in total. The molecule has 0 saturated carbocycles. The maximum atomic E-state index is 5.76. The van der Waals surface area contributed by atoms with Crippen LogP contribution < -0.4 is 11.1 Å². The summed E-state index contributed by atoms with van der Waals surface area (Å²) >= 11 is 5.09. The number of aromatic nitrogens is 1. The molecular formula is C13H21N3OS. The molecule has 1 rings (SSSR count). The number of pyridine rings is 1. The number of nitrogens with zero attached hydrogens (tertiary/aromatic N) is 1. The van der Waals surface area contributed by atoms with Crippen LogP contribution in [0.2, 0.25) is 0 Å². The Morgan fingerprint density at radius 3 is 2.78 bits per heavy atom. The zero-order valence-electron chi connectivity index (χ0n) is 11.4. The van der Waals surface area contributed by atoms with Crippen LogP contribution in [0.15, 0.2) is 6.07 Å². The monoisotopic (exact) mass is 267 g/mol. The quantitative estimate of drug-likeness (QED) is 0.774. The lowest BCUT2D eigenvalue weighted by molar-refractivity contribution is 0.141. The summed E-state index contributed by atoms with van der Waals surface area (Å²) in [6.45, 7) is 9.28. The van der Waals surface area contributed by atoms with Crippen molar-refractivity contribution in [3.8, 4) is 0 Å². The Hall–Kier alpha value is -1.20. The highest BCUT2D eigenvalue weighted by atomic mass is 32.1. The number of nitrogens with two attached hydrogens (primary N) is 1. The number of anilines is 1. The van der Waals surface area contributed by atoms with E-state index in [2.05, 4.69) is 10.3 Å². The van der Waals surface area contributed by atoms with E-state index < -0.39 is 0 Å². The van der Waals surface area contributed by atoms with Gasteiger partial charge < -0.3 is 15.8 Å². The molecule has 0 aliphatic carbocycles. The van der Waals surface area contributed by atoms with Crippen LogP contribution in [-0.2, 0) is 4.74 Å². The van der Waals surface area contributed by atoms with Gasteiger partial charge >= 0.3 is 0 Å². The van der Waals surface area contributed by atoms with Crippen molar-refractivity contribution < 1.29 is 4.74 Å². The van der Waals surface area contributed by atoms with Crippen molar-refractivity contribution in [3.63, 3.8) is 0 Å². The Bertz CT molecular complexity index is 434. The molecule has 0 amide bonds. The van der Waals surface area contributed by atoms with Crippen molar-refractivity contribution in [1.29, 1.82) is 0 Å². The van der Waals surface area contributed by atoms with Gasteiger partial charge in [0, 0.05) is 18.3 Å². The molecule has 0 saturated heterocycles. The third kappa shape index (κ3) is 3.92. The van der Waals surface area contributed by atoms with Gasteiger partial charge in [0.25, 0.3) is 0 Å². The van der Waals surface area contributed by atoms with Gasteiger partial charge in [0.15, 0.2) is 0 Å². The normalized spacial score (nSPS) is 12.2. The third-order valence-electron chi connectivity index (χ3n) is 2.55. The molecular weight excluding hydrogens is 246 g/mol. The summed E-state index contributed by atoms with van der Waals surface area (Å²) in [6, 6.07) is 2.14. The van der Waals surface area contributed by atoms with Crippen LogP contribution in [0.3, 0.4) is 0 Å². The second kappa shape index (κ2) is 6.66. The topological polar surface area (TPSA) is 60.2 Å². The summed E-state index contributed by atoms with van der Waals surface area (Å²) in [5.74, 6) is 0.743. The summed E-state index contributed by atoms with van der Waals surface area (Å²) in [6.07, 6.45) is 0. The number of hydrogen-bond acceptors (Lipinski definition) is 4. The molecule has 0 aliphatic rings. The molecule has 1 aromatic heterocycles. The molecule has 3 N–H and O–H groups in total. The Balaban J connectivity index is 2.96. The first-order valence-electron chi connectivity index (χ1n) is 6.08. The van der Waals surface area contributed by atoms with E-state index in [1.165, 1.54) is 0 Å². The Morgan fingerprint density at radius 2 is 2.22 bits per heavy atom. The van der Waals surface area contributed by atoms with E-state index in [0.717, 1.165) is 22.6 Å². The lowest BCUT2D eigenvalue weighted by atomic mass is 10.1. The Morgan fingerprint density at radius 1 is 1.56 bits per heavy atom. The number of ether oxygens (including phenoxy) is 1. The van der Waals surface area contributed by atoms with Crippen LogP contribution in [0.4, 0.5) is 5.82 Å². The minimum atomic E-state index is 0.159. The molecule has 18 heavy (non-hydrogen) atoms. The van der Waals surface area contributed by atoms with Crippen LogP contribution in [-0.4, -0.2) is 29.2 Å². The average molecular weight is 267 g/mol. The summed E-state index contributed by atoms with van der Waals surface area (Å²) in [5, 5.41) is 3.30. The van der Waals surface area contributed by atoms with Crippen LogP contribution in [0, 0.1) is 13.8 Å². The van der Waals surface area contributed by atoms with E-state index in [1.807, 2.05) is 33.8 Å². The van der Waals surface area contributed by atoms with Crippen molar-refractivity contribution in [3.05, 3.63) is 22.9 Å². The van der Waals surface area contributed by atoms with Gasteiger partial charge in [-0.2, -0.15) is 0 Å². The van der Waals surface area contributed by atoms with Crippen molar-refractivity contribution >= 4 is 23.0 Å². The number of aryl methyl sites for hydroxylation is 2. The minimum Gasteiger partial charge on any atom is -0.389 e. The molecule has 0 fully saturated rings. The van der Waals surface area contributed by atoms with E-state index in [0.29, 0.717) is 18.2 Å². The fraction of sp³-hybridized carbons (Fsp3) is 0.538. The molecule has 0 spiro atoms. The summed E-state index contributed by atoms with van der Waals surface area (Å²) in [7, 11) is 0. The second-order valence-electron chi connectivity index (χ2n) is 4.37. The van der Waals surface area contributed by atoms with Crippen LogP contribution in [0.25, 0.3) is 0 Å². The maximum Gasteiger partial charge on any atom is 0.137 e. The van der Waals surface area contributed by atoms with Crippen LogP contribution in [0.1, 0.15) is 30.7 Å². The molecule has 0 aliphatic heterocycles. The zero-order chi connectivity index (χ0) is 13.7. The first-order chi connectivity index (χ1) is 8.45. The van der Waals surface area contributed by atoms with Gasteiger partial charge in [0.2, 0.25) is 0 Å². The van der Waals surface area contributed by atoms with E-state index in [-0.39, 0.29) is 6.04 Å². The number of thiocarbonyl (C=S) groups is 1. The second-order valence-corrected chi connectivity index (χ2v) is 4.81. The van der Waals surface area contributed by atoms with Crippen molar-refractivity contribution in [2.45, 2.75) is 33.7 Å². The predicted molar refractivity (Wildman–Crippen MR) is 79.2 cm³/mol. The van der Waals surface area contributed by atoms with Gasteiger partial charge in [0.1, 0.15) is 10.8 Å². The van der Waals surface area contributed by atoms with Gasteiger partial charge in [-0.1, -0.05) is 12.2 Å². The summed E-state index contributed by atoms with van der Waals surface area (Å²) in [5.41, 5.74) is 8.57. The lowest BCUT2D eigenvalue weighted by Crippen LogP contribution is -2.25. The lowest BCUT2D eigenvalue weighted by Gasteiger charge is -2.18. The van der Waals surface area contributed by atoms with E-state index in [4.69, 9.17) is 22.7 Å². The van der Waals surface area contributed by atoms with Gasteiger partial charge in [-0.05, 0) is 39.3 Å². The fourth-order valence-corrected chi connectivity index (χ4v) is 2.08. The van der Waals surface area contributed by atoms with Crippen LogP contribution in [0.5, 0.6) is 0 Å². The fourth-order valence-electron chi connectivity index (χ4n) is 1.82. The third-order valence-corrected chi connectivity index (χ3v) is 2.75. The van der Waals surface area contributed by atoms with Gasteiger partial charge in [-0.15, -0.1) is 0 Å². The van der Waals surface area contributed by atoms with E-state index in [9.17, 15) is 0 Å². The number of nitrogens with one attached hydrogen (secondary N) is 1. The Labute approximate surface area is 114 Å². The van der Waals surface area contributed by atoms with Gasteiger partial charge in [-0.3, -0.25) is 0 Å². The number of hydrogen-bond donors (Lipinski definition) is 2. The standard InChI is InChI=1S/C13H21N3OS/c1-5-17-7-10(4)16-13-11(12(14)18)8(2)6-9(3)15-13/h6,10H,5,7H2,1-4H3,(H2,14,18)(H,15,16). The number of rotatable bonds is 6. The largest absolute Gasteiger partial charge is 0.389 e. The molecule has 0 aromatic carbocycles. The maximum absolute atomic E-state index is 5.76. The molecule has 1 unspecified atom stereocenters. The van der Waals surface area contributed by atoms with Gasteiger partial charge in [0.05, 0.1) is 12.2 Å². The van der Waals surface area contributed by atoms with E-state index >= 15 is 0 Å². The molecule has 100 valence electrons. The smallest absolute Gasteiger partial charge is 0.137 e. The molecule has 5 heteroatoms. The van der Waals surface area contributed by atoms with Crippen LogP contribution >= 0.6 is 12.2 Å². The highest BCUT2D eigenvalue weighted by Crippen LogP contribution is 2.19. The summed E-state index contributed by atoms with van der Waals surface area (Å²) in [4.78, 5) is 4.84. The first-order valence-corrected chi connectivity index (χ1v) is 6.48. The van der Waals surface area contributed by atoms with Gasteiger partial charge in [-0.25, -0.2) is 4.98 Å². The molecule has 0 bridgehead atoms. The van der Waals surface area contributed by atoms with Crippen molar-refractivity contribution in [2.24, 2.45) is 5.73 Å². The SMILES string of the molecule is CCOCC(C)Nc1nc(C)cc(C)c1C(N)=S. The molecule has 1 aromatic rings. The molecule has 1 heterocycles. The van der Waals surface area contributed by atoms with E-state index in [1.54, 1.807) is 0 Å². The predicted octanol–water partition coefficient (Wildman–Crippen LogP) is 2.17. The molecule has 1 atom stereocenters. The Kier molecular flexibility index (Phi) is 5.50. The molecule has 0 radical (unpaired) electrons.